The highest BCUT2D eigenvalue weighted by Gasteiger charge is 2.28. The lowest BCUT2D eigenvalue weighted by molar-refractivity contribution is -0.147. The fourth-order valence-electron chi connectivity index (χ4n) is 2.28. The summed E-state index contributed by atoms with van der Waals surface area (Å²) in [7, 11) is 0. The largest absolute Gasteiger partial charge is 0.366 e. The van der Waals surface area contributed by atoms with Gasteiger partial charge >= 0.3 is 0 Å². The number of rotatable bonds is 5. The van der Waals surface area contributed by atoms with Crippen molar-refractivity contribution in [2.24, 2.45) is 0 Å². The van der Waals surface area contributed by atoms with E-state index in [-0.39, 0.29) is 18.1 Å². The Morgan fingerprint density at radius 3 is 3.00 bits per heavy atom. The summed E-state index contributed by atoms with van der Waals surface area (Å²) in [4.78, 5) is 14.4. The summed E-state index contributed by atoms with van der Waals surface area (Å²) in [5.41, 5.74) is 1.05. The fourth-order valence-corrected chi connectivity index (χ4v) is 2.28. The van der Waals surface area contributed by atoms with Gasteiger partial charge in [-0.2, -0.15) is 5.10 Å². The zero-order valence-corrected chi connectivity index (χ0v) is 12.5. The van der Waals surface area contributed by atoms with Gasteiger partial charge < -0.3 is 15.0 Å². The minimum atomic E-state index is -0.368. The van der Waals surface area contributed by atoms with E-state index < -0.39 is 0 Å². The molecule has 0 unspecified atom stereocenters. The van der Waals surface area contributed by atoms with Crippen LogP contribution in [0.3, 0.4) is 0 Å². The van der Waals surface area contributed by atoms with E-state index in [2.05, 4.69) is 10.4 Å². The normalized spacial score (nSPS) is 19.3. The molecule has 1 N–H and O–H groups in total. The number of aryl methyl sites for hydroxylation is 1. The summed E-state index contributed by atoms with van der Waals surface area (Å²) in [6, 6.07) is 0.137. The molecular weight excluding hydrogens is 256 g/mol. The van der Waals surface area contributed by atoms with E-state index in [1.807, 2.05) is 42.7 Å². The number of morpholine rings is 1. The predicted molar refractivity (Wildman–Crippen MR) is 76.2 cm³/mol. The SMILES string of the molecule is CCn1cc(CN(C(=O)[C@H]2CNCCO2)C(C)C)cn1. The maximum atomic E-state index is 12.6. The Morgan fingerprint density at radius 1 is 1.65 bits per heavy atom. The summed E-state index contributed by atoms with van der Waals surface area (Å²) in [5, 5.41) is 7.45. The van der Waals surface area contributed by atoms with Crippen LogP contribution in [-0.4, -0.2) is 52.4 Å². The number of hydrogen-bond acceptors (Lipinski definition) is 4. The van der Waals surface area contributed by atoms with Crippen LogP contribution in [0.1, 0.15) is 26.3 Å². The standard InChI is InChI=1S/C14H24N4O2/c1-4-17-9-12(7-16-17)10-18(11(2)3)14(19)13-8-15-5-6-20-13/h7,9,11,13,15H,4-6,8,10H2,1-3H3/t13-/m1/s1. The maximum absolute atomic E-state index is 12.6. The van der Waals surface area contributed by atoms with E-state index >= 15 is 0 Å². The number of amides is 1. The van der Waals surface area contributed by atoms with Crippen LogP contribution in [0, 0.1) is 0 Å². The van der Waals surface area contributed by atoms with Crippen molar-refractivity contribution < 1.29 is 9.53 Å². The molecule has 20 heavy (non-hydrogen) atoms. The van der Waals surface area contributed by atoms with E-state index in [1.54, 1.807) is 0 Å². The van der Waals surface area contributed by atoms with Crippen LogP contribution < -0.4 is 5.32 Å². The van der Waals surface area contributed by atoms with E-state index in [0.717, 1.165) is 18.7 Å². The molecule has 1 aromatic rings. The number of carbonyl (C=O) groups excluding carboxylic acids is 1. The number of nitrogens with one attached hydrogen (secondary N) is 1. The molecule has 0 aromatic carbocycles. The van der Waals surface area contributed by atoms with Gasteiger partial charge in [0.2, 0.25) is 0 Å². The van der Waals surface area contributed by atoms with Gasteiger partial charge in [0.25, 0.3) is 5.91 Å². The lowest BCUT2D eigenvalue weighted by Gasteiger charge is -2.32. The second-order valence-corrected chi connectivity index (χ2v) is 5.33. The lowest BCUT2D eigenvalue weighted by atomic mass is 10.2. The van der Waals surface area contributed by atoms with Crippen LogP contribution in [0.25, 0.3) is 0 Å². The first-order chi connectivity index (χ1) is 9.61. The molecule has 2 heterocycles. The van der Waals surface area contributed by atoms with E-state index in [1.165, 1.54) is 0 Å². The van der Waals surface area contributed by atoms with Crippen molar-refractivity contribution in [3.63, 3.8) is 0 Å². The molecule has 0 aliphatic carbocycles. The molecule has 1 amide bonds. The zero-order chi connectivity index (χ0) is 14.5. The van der Waals surface area contributed by atoms with Gasteiger partial charge in [-0.15, -0.1) is 0 Å². The first kappa shape index (κ1) is 15.0. The molecule has 6 heteroatoms. The first-order valence-electron chi connectivity index (χ1n) is 7.26. The van der Waals surface area contributed by atoms with Gasteiger partial charge in [0, 0.05) is 44.0 Å². The van der Waals surface area contributed by atoms with Gasteiger partial charge in [-0.1, -0.05) is 0 Å². The molecular formula is C14H24N4O2. The monoisotopic (exact) mass is 280 g/mol. The van der Waals surface area contributed by atoms with Crippen molar-refractivity contribution >= 4 is 5.91 Å². The van der Waals surface area contributed by atoms with E-state index in [9.17, 15) is 4.79 Å². The second-order valence-electron chi connectivity index (χ2n) is 5.33. The Balaban J connectivity index is 2.03. The minimum Gasteiger partial charge on any atom is -0.366 e. The summed E-state index contributed by atoms with van der Waals surface area (Å²) in [6.07, 6.45) is 3.45. The second kappa shape index (κ2) is 6.85. The third-order valence-corrected chi connectivity index (χ3v) is 3.47. The fraction of sp³-hybridized carbons (Fsp3) is 0.714. The molecule has 2 rings (SSSR count). The highest BCUT2D eigenvalue weighted by atomic mass is 16.5. The van der Waals surface area contributed by atoms with Gasteiger partial charge in [0.1, 0.15) is 6.10 Å². The Kier molecular flexibility index (Phi) is 5.14. The van der Waals surface area contributed by atoms with Crippen molar-refractivity contribution in [1.82, 2.24) is 20.0 Å². The molecule has 1 fully saturated rings. The van der Waals surface area contributed by atoms with Crippen LogP contribution in [0.4, 0.5) is 0 Å². The first-order valence-corrected chi connectivity index (χ1v) is 7.26. The Bertz CT molecular complexity index is 438. The van der Waals surface area contributed by atoms with Gasteiger partial charge in [-0.05, 0) is 20.8 Å². The van der Waals surface area contributed by atoms with Crippen LogP contribution in [0.15, 0.2) is 12.4 Å². The molecule has 1 atom stereocenters. The quantitative estimate of drug-likeness (QED) is 0.859. The highest BCUT2D eigenvalue weighted by molar-refractivity contribution is 5.81. The highest BCUT2D eigenvalue weighted by Crippen LogP contribution is 2.12. The number of nitrogens with zero attached hydrogens (tertiary/aromatic N) is 3. The van der Waals surface area contributed by atoms with Gasteiger partial charge in [0.05, 0.1) is 12.8 Å². The van der Waals surface area contributed by atoms with Gasteiger partial charge in [-0.3, -0.25) is 9.48 Å². The zero-order valence-electron chi connectivity index (χ0n) is 12.5. The molecule has 1 aliphatic rings. The molecule has 0 saturated carbocycles. The van der Waals surface area contributed by atoms with Crippen molar-refractivity contribution in [1.29, 1.82) is 0 Å². The molecule has 0 spiro atoms. The molecule has 1 aliphatic heterocycles. The van der Waals surface area contributed by atoms with Crippen LogP contribution in [0.5, 0.6) is 0 Å². The van der Waals surface area contributed by atoms with E-state index in [0.29, 0.717) is 19.7 Å². The maximum Gasteiger partial charge on any atom is 0.253 e. The molecule has 6 nitrogen and oxygen atoms in total. The van der Waals surface area contributed by atoms with Crippen molar-refractivity contribution in [2.45, 2.75) is 46.0 Å². The number of hydrogen-bond donors (Lipinski definition) is 1. The van der Waals surface area contributed by atoms with Gasteiger partial charge in [-0.25, -0.2) is 0 Å². The predicted octanol–water partition coefficient (Wildman–Crippen LogP) is 0.628. The summed E-state index contributed by atoms with van der Waals surface area (Å²) in [5.74, 6) is 0.0523. The summed E-state index contributed by atoms with van der Waals surface area (Å²) < 4.78 is 7.43. The average molecular weight is 280 g/mol. The number of ether oxygens (including phenoxy) is 1. The third-order valence-electron chi connectivity index (χ3n) is 3.47. The minimum absolute atomic E-state index is 0.0523. The van der Waals surface area contributed by atoms with Gasteiger partial charge in [0.15, 0.2) is 0 Å². The van der Waals surface area contributed by atoms with E-state index in [4.69, 9.17) is 4.74 Å². The number of aromatic nitrogens is 2. The third kappa shape index (κ3) is 3.58. The number of carbonyl (C=O) groups is 1. The molecule has 0 radical (unpaired) electrons. The van der Waals surface area contributed by atoms with Crippen molar-refractivity contribution in [3.8, 4) is 0 Å². The molecule has 1 aromatic heterocycles. The molecule has 1 saturated heterocycles. The Morgan fingerprint density at radius 2 is 2.45 bits per heavy atom. The van der Waals surface area contributed by atoms with Crippen molar-refractivity contribution in [2.75, 3.05) is 19.7 Å². The Hall–Kier alpha value is -1.40. The molecule has 0 bridgehead atoms. The lowest BCUT2D eigenvalue weighted by Crippen LogP contribution is -2.50. The Labute approximate surface area is 120 Å². The summed E-state index contributed by atoms with van der Waals surface area (Å²) in [6.45, 7) is 9.52. The van der Waals surface area contributed by atoms with Crippen LogP contribution in [-0.2, 0) is 22.6 Å². The topological polar surface area (TPSA) is 59.4 Å². The van der Waals surface area contributed by atoms with Crippen LogP contribution in [0.2, 0.25) is 0 Å². The molecule has 112 valence electrons. The van der Waals surface area contributed by atoms with Crippen LogP contribution >= 0.6 is 0 Å². The smallest absolute Gasteiger partial charge is 0.253 e. The van der Waals surface area contributed by atoms with Crippen molar-refractivity contribution in [3.05, 3.63) is 18.0 Å². The summed E-state index contributed by atoms with van der Waals surface area (Å²) >= 11 is 0. The average Bonchev–Trinajstić information content (AvgIpc) is 2.92.